The lowest BCUT2D eigenvalue weighted by Gasteiger charge is -2.12. The van der Waals surface area contributed by atoms with E-state index in [0.717, 1.165) is 10.8 Å². The Morgan fingerprint density at radius 3 is 2.58 bits per heavy atom. The van der Waals surface area contributed by atoms with Crippen molar-refractivity contribution in [3.8, 4) is 11.6 Å². The number of carboxylic acid groups (broad SMARTS) is 1. The first-order valence-electron chi connectivity index (χ1n) is 11.0. The van der Waals surface area contributed by atoms with Crippen LogP contribution in [0.2, 0.25) is 5.02 Å². The fraction of sp³-hybridized carbons (Fsp3) is 0.160. The van der Waals surface area contributed by atoms with Gasteiger partial charge in [0.1, 0.15) is 5.56 Å². The maximum Gasteiger partial charge on any atom is 0.303 e. The molecule has 1 aliphatic heterocycles. The SMILES string of the molecule is O=C(O)CCC(=O)NCCC1=c2ccccc2=N/C1=C\c1c(O)n(-c2ccc(Cl)cc2)c(=S)[nH]c1=O. The quantitative estimate of drug-likeness (QED) is 0.334. The van der Waals surface area contributed by atoms with Gasteiger partial charge >= 0.3 is 5.97 Å². The van der Waals surface area contributed by atoms with Gasteiger partial charge < -0.3 is 15.5 Å². The zero-order valence-corrected chi connectivity index (χ0v) is 20.4. The third-order valence-electron chi connectivity index (χ3n) is 5.53. The van der Waals surface area contributed by atoms with Gasteiger partial charge in [-0.2, -0.15) is 0 Å². The fourth-order valence-corrected chi connectivity index (χ4v) is 4.23. The summed E-state index contributed by atoms with van der Waals surface area (Å²) in [5.41, 5.74) is 1.12. The van der Waals surface area contributed by atoms with E-state index >= 15 is 0 Å². The first kappa shape index (κ1) is 25.1. The van der Waals surface area contributed by atoms with Crippen LogP contribution in [0.25, 0.3) is 17.3 Å². The lowest BCUT2D eigenvalue weighted by molar-refractivity contribution is -0.138. The molecular formula is C25H21ClN4O5S. The molecule has 0 radical (unpaired) electrons. The van der Waals surface area contributed by atoms with Crippen molar-refractivity contribution in [2.24, 2.45) is 4.99 Å². The van der Waals surface area contributed by atoms with Crippen molar-refractivity contribution in [1.82, 2.24) is 14.9 Å². The number of carbonyl (C=O) groups is 2. The Labute approximate surface area is 214 Å². The number of carbonyl (C=O) groups excluding carboxylic acids is 1. The first-order chi connectivity index (χ1) is 17.2. The van der Waals surface area contributed by atoms with Crippen LogP contribution in [-0.2, 0) is 9.59 Å². The highest BCUT2D eigenvalue weighted by atomic mass is 35.5. The number of aromatic hydroxyl groups is 1. The van der Waals surface area contributed by atoms with Crippen LogP contribution in [0, 0.1) is 4.77 Å². The van der Waals surface area contributed by atoms with Crippen LogP contribution >= 0.6 is 23.8 Å². The summed E-state index contributed by atoms with van der Waals surface area (Å²) in [6, 6.07) is 14.0. The van der Waals surface area contributed by atoms with Crippen molar-refractivity contribution < 1.29 is 19.8 Å². The molecule has 1 aliphatic rings. The average molecular weight is 525 g/mol. The van der Waals surface area contributed by atoms with E-state index in [2.05, 4.69) is 15.3 Å². The molecule has 0 fully saturated rings. The molecule has 4 N–H and O–H groups in total. The second-order valence-electron chi connectivity index (χ2n) is 7.94. The molecule has 1 aromatic heterocycles. The van der Waals surface area contributed by atoms with Crippen molar-refractivity contribution in [1.29, 1.82) is 0 Å². The molecule has 36 heavy (non-hydrogen) atoms. The lowest BCUT2D eigenvalue weighted by Crippen LogP contribution is -2.27. The van der Waals surface area contributed by atoms with Crippen molar-refractivity contribution >= 4 is 47.3 Å². The molecule has 0 saturated heterocycles. The third-order valence-corrected chi connectivity index (χ3v) is 6.07. The highest BCUT2D eigenvalue weighted by Gasteiger charge is 2.18. The van der Waals surface area contributed by atoms with Crippen LogP contribution in [0.3, 0.4) is 0 Å². The minimum Gasteiger partial charge on any atom is -0.494 e. The summed E-state index contributed by atoms with van der Waals surface area (Å²) in [7, 11) is 0. The molecule has 2 heterocycles. The summed E-state index contributed by atoms with van der Waals surface area (Å²) in [5, 5.41) is 24.5. The molecule has 184 valence electrons. The molecule has 4 rings (SSSR count). The highest BCUT2D eigenvalue weighted by molar-refractivity contribution is 7.71. The van der Waals surface area contributed by atoms with Crippen LogP contribution in [0.5, 0.6) is 5.88 Å². The summed E-state index contributed by atoms with van der Waals surface area (Å²) >= 11 is 11.2. The van der Waals surface area contributed by atoms with Gasteiger partial charge in [0.05, 0.1) is 23.2 Å². The molecule has 2 aromatic carbocycles. The van der Waals surface area contributed by atoms with Crippen LogP contribution in [-0.4, -0.2) is 38.2 Å². The average Bonchev–Trinajstić information content (AvgIpc) is 3.18. The number of halogens is 1. The van der Waals surface area contributed by atoms with Gasteiger partial charge in [0.15, 0.2) is 4.77 Å². The maximum absolute atomic E-state index is 12.8. The van der Waals surface area contributed by atoms with Gasteiger partial charge in [-0.25, -0.2) is 4.99 Å². The number of amides is 1. The van der Waals surface area contributed by atoms with Crippen molar-refractivity contribution in [3.05, 3.63) is 90.5 Å². The van der Waals surface area contributed by atoms with Crippen molar-refractivity contribution in [3.63, 3.8) is 0 Å². The maximum atomic E-state index is 12.8. The van der Waals surface area contributed by atoms with Gasteiger partial charge in [0.2, 0.25) is 11.8 Å². The number of carboxylic acids is 1. The van der Waals surface area contributed by atoms with E-state index in [4.69, 9.17) is 28.9 Å². The number of benzene rings is 2. The third kappa shape index (κ3) is 5.45. The molecule has 1 amide bonds. The predicted octanol–water partition coefficient (Wildman–Crippen LogP) is 2.45. The number of fused-ring (bicyclic) bond motifs is 1. The second-order valence-corrected chi connectivity index (χ2v) is 8.76. The number of hydrogen-bond acceptors (Lipinski definition) is 6. The first-order valence-corrected chi connectivity index (χ1v) is 11.7. The van der Waals surface area contributed by atoms with Gasteiger partial charge in [-0.15, -0.1) is 0 Å². The zero-order chi connectivity index (χ0) is 25.8. The number of rotatable bonds is 8. The Kier molecular flexibility index (Phi) is 7.47. The molecule has 0 spiro atoms. The largest absolute Gasteiger partial charge is 0.494 e. The second kappa shape index (κ2) is 10.7. The summed E-state index contributed by atoms with van der Waals surface area (Å²) in [6.45, 7) is 0.243. The zero-order valence-electron chi connectivity index (χ0n) is 18.8. The summed E-state index contributed by atoms with van der Waals surface area (Å²) in [5.74, 6) is -1.77. The van der Waals surface area contributed by atoms with E-state index in [-0.39, 0.29) is 41.5 Å². The van der Waals surface area contributed by atoms with Gasteiger partial charge in [0.25, 0.3) is 5.56 Å². The van der Waals surface area contributed by atoms with Gasteiger partial charge in [-0.05, 0) is 60.6 Å². The Morgan fingerprint density at radius 1 is 1.14 bits per heavy atom. The minimum absolute atomic E-state index is 0.0156. The summed E-state index contributed by atoms with van der Waals surface area (Å²) in [6.07, 6.45) is 1.49. The van der Waals surface area contributed by atoms with E-state index < -0.39 is 11.5 Å². The Morgan fingerprint density at radius 2 is 1.86 bits per heavy atom. The van der Waals surface area contributed by atoms with E-state index in [0.29, 0.717) is 28.2 Å². The lowest BCUT2D eigenvalue weighted by atomic mass is 10.1. The van der Waals surface area contributed by atoms with Crippen LogP contribution < -0.4 is 21.5 Å². The molecule has 9 nitrogen and oxygen atoms in total. The van der Waals surface area contributed by atoms with Gasteiger partial charge in [0, 0.05) is 23.2 Å². The molecule has 0 aliphatic carbocycles. The smallest absolute Gasteiger partial charge is 0.303 e. The van der Waals surface area contributed by atoms with Crippen LogP contribution in [0.4, 0.5) is 0 Å². The number of aliphatic carboxylic acids is 1. The molecule has 11 heteroatoms. The van der Waals surface area contributed by atoms with Gasteiger partial charge in [-0.1, -0.05) is 29.8 Å². The van der Waals surface area contributed by atoms with Crippen molar-refractivity contribution in [2.45, 2.75) is 19.3 Å². The molecule has 0 atom stereocenters. The summed E-state index contributed by atoms with van der Waals surface area (Å²) in [4.78, 5) is 42.6. The predicted molar refractivity (Wildman–Crippen MR) is 137 cm³/mol. The van der Waals surface area contributed by atoms with E-state index in [9.17, 15) is 19.5 Å². The molecule has 0 unspecified atom stereocenters. The number of nitrogens with zero attached hydrogens (tertiary/aromatic N) is 2. The number of hydrogen-bond donors (Lipinski definition) is 4. The number of aromatic amines is 1. The minimum atomic E-state index is -1.04. The van der Waals surface area contributed by atoms with Crippen LogP contribution in [0.1, 0.15) is 24.8 Å². The Bertz CT molecular complexity index is 1620. The van der Waals surface area contributed by atoms with E-state index in [1.807, 2.05) is 24.3 Å². The number of nitrogens with one attached hydrogen (secondary N) is 2. The Balaban J connectivity index is 1.71. The highest BCUT2D eigenvalue weighted by Crippen LogP contribution is 2.26. The Hall–Kier alpha value is -4.02. The van der Waals surface area contributed by atoms with E-state index in [1.165, 1.54) is 10.6 Å². The topological polar surface area (TPSA) is 137 Å². The molecule has 0 saturated carbocycles. The van der Waals surface area contributed by atoms with Crippen molar-refractivity contribution in [2.75, 3.05) is 6.54 Å². The molecular weight excluding hydrogens is 504 g/mol. The monoisotopic (exact) mass is 524 g/mol. The fourth-order valence-electron chi connectivity index (χ4n) is 3.81. The van der Waals surface area contributed by atoms with Crippen LogP contribution in [0.15, 0.2) is 64.0 Å². The number of para-hydroxylation sites is 1. The van der Waals surface area contributed by atoms with E-state index in [1.54, 1.807) is 24.3 Å². The number of allylic oxidation sites excluding steroid dienone is 1. The standard InChI is InChI=1S/C25H21ClN4O5S/c26-14-5-7-15(8-6-14)30-24(35)18(23(34)29-25(30)36)13-20-17(16-3-1-2-4-19(16)28-20)11-12-27-21(31)9-10-22(32)33/h1-8,13,35H,9-12H2,(H,27,31)(H,32,33)(H,29,34,36)/b20-13-. The normalized spacial score (nSPS) is 13.4. The number of aromatic nitrogens is 2. The van der Waals surface area contributed by atoms with Gasteiger partial charge in [-0.3, -0.25) is 23.9 Å². The molecule has 3 aromatic rings. The molecule has 0 bridgehead atoms. The summed E-state index contributed by atoms with van der Waals surface area (Å²) < 4.78 is 1.34. The number of H-pyrrole nitrogens is 1.